The van der Waals surface area contributed by atoms with Crippen molar-refractivity contribution in [1.82, 2.24) is 4.72 Å². The minimum Gasteiger partial charge on any atom is -0.755 e. The summed E-state index contributed by atoms with van der Waals surface area (Å²) in [6.07, 6.45) is -0.482. The third-order valence-electron chi connectivity index (χ3n) is 0.678. The largest absolute Gasteiger partial charge is 0.755 e. The first-order valence-electron chi connectivity index (χ1n) is 2.75. The van der Waals surface area contributed by atoms with E-state index in [9.17, 15) is 13.6 Å². The Kier molecular flexibility index (Phi) is 6.19. The average Bonchev–Trinajstić information content (AvgIpc) is 1.86. The summed E-state index contributed by atoms with van der Waals surface area (Å²) >= 11 is 2.65. The molecule has 0 aliphatic carbocycles. The maximum absolute atomic E-state index is 10.4. The molecule has 0 bridgehead atoms. The van der Waals surface area contributed by atoms with E-state index in [4.69, 9.17) is 11.6 Å². The first-order valence-corrected chi connectivity index (χ1v) is 4.36. The van der Waals surface area contributed by atoms with Crippen LogP contribution >= 0.6 is 11.6 Å². The molecular weight excluding hydrogens is 194 g/mol. The zero-order valence-electron chi connectivity index (χ0n) is 5.54. The monoisotopic (exact) mass is 200 g/mol. The number of amides is 1. The molecule has 7 heteroatoms. The van der Waals surface area contributed by atoms with E-state index in [0.29, 0.717) is 12.3 Å². The molecule has 0 saturated carbocycles. The molecule has 1 atom stereocenters. The molecule has 0 fully saturated rings. The van der Waals surface area contributed by atoms with Gasteiger partial charge in [0.2, 0.25) is 0 Å². The molecule has 0 aromatic heterocycles. The zero-order valence-corrected chi connectivity index (χ0v) is 7.11. The quantitative estimate of drug-likeness (QED) is 0.398. The van der Waals surface area contributed by atoms with Gasteiger partial charge in [-0.15, -0.1) is 11.6 Å². The van der Waals surface area contributed by atoms with E-state index >= 15 is 0 Å². The summed E-state index contributed by atoms with van der Waals surface area (Å²) in [5, 5.41) is 0. The lowest BCUT2D eigenvalue weighted by Gasteiger charge is -2.06. The van der Waals surface area contributed by atoms with Gasteiger partial charge in [-0.05, 0) is 6.42 Å². The first kappa shape index (κ1) is 10.7. The van der Waals surface area contributed by atoms with Gasteiger partial charge >= 0.3 is 6.09 Å². The standard InChI is InChI=1S/C4H8ClNO4S/c5-2-1-3-10-4(7)6-11(8)9/h1-3H2,(H,6,7)(H,8,9)/p-1. The number of hydrogen-bond donors (Lipinski definition) is 1. The van der Waals surface area contributed by atoms with Crippen LogP contribution in [0.4, 0.5) is 4.79 Å². The predicted molar refractivity (Wildman–Crippen MR) is 38.7 cm³/mol. The van der Waals surface area contributed by atoms with Crippen LogP contribution in [0.5, 0.6) is 0 Å². The fourth-order valence-electron chi connectivity index (χ4n) is 0.317. The van der Waals surface area contributed by atoms with E-state index < -0.39 is 17.4 Å². The Morgan fingerprint density at radius 1 is 1.73 bits per heavy atom. The van der Waals surface area contributed by atoms with Gasteiger partial charge in [-0.3, -0.25) is 8.93 Å². The van der Waals surface area contributed by atoms with Crippen molar-refractivity contribution in [2.75, 3.05) is 12.5 Å². The number of nitrogens with one attached hydrogen (secondary N) is 1. The van der Waals surface area contributed by atoms with Crippen LogP contribution in [-0.4, -0.2) is 27.3 Å². The highest BCUT2D eigenvalue weighted by molar-refractivity contribution is 7.77. The smallest absolute Gasteiger partial charge is 0.418 e. The fourth-order valence-corrected chi connectivity index (χ4v) is 0.621. The van der Waals surface area contributed by atoms with Crippen molar-refractivity contribution in [3.05, 3.63) is 0 Å². The minimum atomic E-state index is -2.61. The topological polar surface area (TPSA) is 78.5 Å². The number of hydrogen-bond acceptors (Lipinski definition) is 4. The normalized spacial score (nSPS) is 12.2. The lowest BCUT2D eigenvalue weighted by atomic mass is 10.5. The number of halogens is 1. The molecule has 66 valence electrons. The molecule has 0 rings (SSSR count). The Morgan fingerprint density at radius 3 is 2.82 bits per heavy atom. The molecule has 1 amide bonds. The van der Waals surface area contributed by atoms with Crippen LogP contribution in [0.25, 0.3) is 0 Å². The first-order chi connectivity index (χ1) is 5.16. The second-order valence-corrected chi connectivity index (χ2v) is 2.57. The second kappa shape index (κ2) is 6.38. The lowest BCUT2D eigenvalue weighted by molar-refractivity contribution is 0.152. The van der Waals surface area contributed by atoms with E-state index in [1.807, 2.05) is 0 Å². The molecule has 1 N–H and O–H groups in total. The maximum Gasteiger partial charge on any atom is 0.418 e. The molecule has 0 radical (unpaired) electrons. The molecule has 1 unspecified atom stereocenters. The van der Waals surface area contributed by atoms with Crippen LogP contribution in [-0.2, 0) is 16.0 Å². The fraction of sp³-hybridized carbons (Fsp3) is 0.750. The van der Waals surface area contributed by atoms with Gasteiger partial charge in [0.15, 0.2) is 0 Å². The van der Waals surface area contributed by atoms with E-state index in [2.05, 4.69) is 4.74 Å². The molecule has 0 aliphatic rings. The van der Waals surface area contributed by atoms with Gasteiger partial charge in [0.05, 0.1) is 6.61 Å². The lowest BCUT2D eigenvalue weighted by Crippen LogP contribution is -2.26. The number of alkyl halides is 1. The Balaban J connectivity index is 3.30. The number of rotatable bonds is 4. The van der Waals surface area contributed by atoms with E-state index in [0.717, 1.165) is 0 Å². The average molecular weight is 201 g/mol. The Hall–Kier alpha value is -0.330. The third-order valence-corrected chi connectivity index (χ3v) is 1.28. The summed E-state index contributed by atoms with van der Waals surface area (Å²) in [5.74, 6) is 0.369. The van der Waals surface area contributed by atoms with Crippen molar-refractivity contribution in [1.29, 1.82) is 0 Å². The third kappa shape index (κ3) is 7.57. The van der Waals surface area contributed by atoms with Crippen LogP contribution < -0.4 is 4.72 Å². The van der Waals surface area contributed by atoms with E-state index in [1.165, 1.54) is 4.72 Å². The molecule has 0 spiro atoms. The Morgan fingerprint density at radius 2 is 2.36 bits per heavy atom. The van der Waals surface area contributed by atoms with Crippen LogP contribution in [0.1, 0.15) is 6.42 Å². The van der Waals surface area contributed by atoms with Crippen molar-refractivity contribution < 1.29 is 18.3 Å². The van der Waals surface area contributed by atoms with Gasteiger partial charge in [-0.2, -0.15) is 0 Å². The molecule has 0 saturated heterocycles. The summed E-state index contributed by atoms with van der Waals surface area (Å²) in [6.45, 7) is 0.118. The Bertz CT molecular complexity index is 153. The molecule has 11 heavy (non-hydrogen) atoms. The SMILES string of the molecule is O=C(NS(=O)[O-])OCCCCl. The van der Waals surface area contributed by atoms with Gasteiger partial charge in [-0.25, -0.2) is 4.79 Å². The number of carbonyl (C=O) groups is 1. The molecule has 0 aromatic rings. The van der Waals surface area contributed by atoms with Gasteiger partial charge in [0.1, 0.15) is 0 Å². The van der Waals surface area contributed by atoms with Crippen molar-refractivity contribution in [3.8, 4) is 0 Å². The van der Waals surface area contributed by atoms with Crippen LogP contribution in [0.2, 0.25) is 0 Å². The molecule has 5 nitrogen and oxygen atoms in total. The molecule has 0 aliphatic heterocycles. The maximum atomic E-state index is 10.4. The van der Waals surface area contributed by atoms with Crippen molar-refractivity contribution in [2.24, 2.45) is 0 Å². The van der Waals surface area contributed by atoms with Gasteiger partial charge < -0.3 is 9.29 Å². The van der Waals surface area contributed by atoms with Crippen LogP contribution in [0.15, 0.2) is 0 Å². The highest BCUT2D eigenvalue weighted by Gasteiger charge is 1.98. The summed E-state index contributed by atoms with van der Waals surface area (Å²) < 4.78 is 25.5. The van der Waals surface area contributed by atoms with Crippen molar-refractivity contribution >= 4 is 29.0 Å². The van der Waals surface area contributed by atoms with E-state index in [-0.39, 0.29) is 6.61 Å². The van der Waals surface area contributed by atoms with Gasteiger partial charge in [0.25, 0.3) is 0 Å². The number of ether oxygens (including phenoxy) is 1. The summed E-state index contributed by atoms with van der Waals surface area (Å²) in [7, 11) is 0. The summed E-state index contributed by atoms with van der Waals surface area (Å²) in [6, 6.07) is 0. The molecule has 0 heterocycles. The predicted octanol–water partition coefficient (Wildman–Crippen LogP) is 0.136. The second-order valence-electron chi connectivity index (χ2n) is 1.52. The van der Waals surface area contributed by atoms with Gasteiger partial charge in [-0.1, -0.05) is 0 Å². The number of carbonyl (C=O) groups excluding carboxylic acids is 1. The highest BCUT2D eigenvalue weighted by atomic mass is 35.5. The Labute approximate surface area is 71.5 Å². The summed E-state index contributed by atoms with van der Waals surface area (Å²) in [4.78, 5) is 10.4. The van der Waals surface area contributed by atoms with Crippen molar-refractivity contribution in [3.63, 3.8) is 0 Å². The van der Waals surface area contributed by atoms with Crippen LogP contribution in [0, 0.1) is 0 Å². The van der Waals surface area contributed by atoms with Gasteiger partial charge in [0, 0.05) is 17.1 Å². The van der Waals surface area contributed by atoms with E-state index in [1.54, 1.807) is 0 Å². The van der Waals surface area contributed by atoms with Crippen molar-refractivity contribution in [2.45, 2.75) is 6.42 Å². The zero-order chi connectivity index (χ0) is 8.69. The minimum absolute atomic E-state index is 0.118. The van der Waals surface area contributed by atoms with Crippen LogP contribution in [0.3, 0.4) is 0 Å². The highest BCUT2D eigenvalue weighted by Crippen LogP contribution is 1.86. The molecule has 0 aromatic carbocycles. The molecular formula is C4H7ClNO4S-. The summed E-state index contributed by atoms with van der Waals surface area (Å²) in [5.41, 5.74) is 0.